The maximum Gasteiger partial charge on any atom is 0.338 e. The van der Waals surface area contributed by atoms with Crippen LogP contribution in [0.4, 0.5) is 11.4 Å². The Morgan fingerprint density at radius 3 is 1.04 bits per heavy atom. The Morgan fingerprint density at radius 2 is 0.713 bits per heavy atom. The molecule has 8 N–H and O–H groups in total. The number of esters is 3. The van der Waals surface area contributed by atoms with Crippen molar-refractivity contribution in [3.63, 3.8) is 0 Å². The van der Waals surface area contributed by atoms with Gasteiger partial charge < -0.3 is 55.0 Å². The van der Waals surface area contributed by atoms with Gasteiger partial charge in [-0.2, -0.15) is 0 Å². The minimum atomic E-state index is -3.43. The molecule has 20 heteroatoms. The van der Waals surface area contributed by atoms with Gasteiger partial charge in [0.25, 0.3) is 0 Å². The van der Waals surface area contributed by atoms with E-state index in [4.69, 9.17) is 29.4 Å². The predicted molar refractivity (Wildman–Crippen MR) is 607 cm³/mol. The third-order valence-corrected chi connectivity index (χ3v) is 30.3. The molecule has 13 rings (SSSR count). The number of anilines is 2. The van der Waals surface area contributed by atoms with Gasteiger partial charge in [0.1, 0.15) is 45.6 Å². The van der Waals surface area contributed by atoms with Crippen molar-refractivity contribution in [2.75, 3.05) is 30.9 Å². The van der Waals surface area contributed by atoms with Gasteiger partial charge >= 0.3 is 17.9 Å². The Morgan fingerprint density at radius 1 is 0.387 bits per heavy atom. The quantitative estimate of drug-likeness (QED) is 0.00806. The van der Waals surface area contributed by atoms with E-state index >= 15 is 0 Å². The van der Waals surface area contributed by atoms with Crippen LogP contribution >= 0.6 is 0 Å². The molecule has 10 aromatic rings. The molecule has 19 nitrogen and oxygen atoms in total. The van der Waals surface area contributed by atoms with Crippen molar-refractivity contribution in [2.45, 2.75) is 353 Å². The minimum Gasteiger partial charge on any atom is -0.512 e. The van der Waals surface area contributed by atoms with Gasteiger partial charge in [0.2, 0.25) is 10.0 Å². The molecule has 0 saturated heterocycles. The molecule has 808 valence electrons. The Hall–Kier alpha value is -12.0. The number of methoxy groups -OCH3 is 2. The molecule has 0 fully saturated rings. The van der Waals surface area contributed by atoms with Crippen LogP contribution in [0.25, 0.3) is 0 Å². The van der Waals surface area contributed by atoms with Crippen molar-refractivity contribution in [3.8, 4) is 0 Å². The number of cyclic esters (lactones) is 3. The van der Waals surface area contributed by atoms with Crippen LogP contribution in [-0.2, 0) is 89.8 Å². The number of Topliss-reactive ketones (excluding diaryl/α,β-unsaturated/α-hetero) is 2. The molecular formula is C130H170N2O17S. The lowest BCUT2D eigenvalue weighted by molar-refractivity contribution is -0.164. The number of rotatable bonds is 51. The van der Waals surface area contributed by atoms with E-state index in [9.17, 15) is 57.9 Å². The van der Waals surface area contributed by atoms with Gasteiger partial charge in [0.05, 0.1) is 40.1 Å². The fraction of sp³-hybridized carbons (Fsp3) is 0.454. The summed E-state index contributed by atoms with van der Waals surface area (Å²) >= 11 is 0. The lowest BCUT2D eigenvalue weighted by Crippen LogP contribution is -2.41. The number of sulfonamides is 1. The second-order valence-electron chi connectivity index (χ2n) is 41.8. The Balaban J connectivity index is 0.000000208. The Kier molecular flexibility index (Phi) is 48.8. The molecule has 3 aliphatic rings. The summed E-state index contributed by atoms with van der Waals surface area (Å²) in [6, 6.07) is 90.1. The van der Waals surface area contributed by atoms with Crippen LogP contribution in [0.1, 0.15) is 338 Å². The van der Waals surface area contributed by atoms with Crippen molar-refractivity contribution in [2.24, 2.45) is 5.92 Å². The number of ketones is 2. The Bertz CT molecular complexity index is 5940. The normalized spacial score (nSPS) is 18.1. The molecule has 150 heavy (non-hydrogen) atoms. The number of aliphatic hydroxyl groups is 5. The summed E-state index contributed by atoms with van der Waals surface area (Å²) in [5, 5.41) is 55.7. The topological polar surface area (TPSA) is 305 Å². The number of benzene rings is 10. The summed E-state index contributed by atoms with van der Waals surface area (Å²) in [6.07, 6.45) is 21.0. The van der Waals surface area contributed by atoms with E-state index in [1.165, 1.54) is 38.9 Å². The Labute approximate surface area is 895 Å². The standard InChI is InChI=1S/C28H40O4.C26H33NO5S.C26H32O3.C25H31NO3.C25H34O2/c1-6-17-28(30,18-16-22-13-9-8-10-14-22)20-25(29)26(27(31-4)32-5)24(7-2)23-15-11-12-21(3)19-23;1-4-15-26(16-14-19-10-7-6-8-11-19)18-23(28)24(25(29)32-26)22(5-2)20-12-9-13-21(17-20)27-33(3,30)31;1-4-15-26(16-14-20-11-7-6-8-12-20)18-23(27)24(25(28)29-26)22(5-2)21-13-9-10-19(3)17-21;1-3-14-25(15-13-18-9-6-5-7-10-18)17-22(27)23(24(28)29-25)21(4-2)19-11-8-12-20(26)16-19;1-4-15-25(27,16-14-21-11-7-6-8-12-21)19-24(26)18-22(5-2)23-13-9-10-20(3)17-23/h8-15,19,24,26-27,30H,6-7,16-18,20H2,1-5H3;6-13,17,22,27-28H,4-5,14-16,18H2,1-3H3;6-13,17,22,27H,4-5,14-16,18H2,1-3H3;5-12,16,21,27H,3-4,13-15,17,26H2,1-2H3;6-13,17,22,27H,4-5,14-16,18-19H2,1-3H3/t24-,26?,28+;2*22-,26+;21-,25+;22-,25-/m00001/s1. The summed E-state index contributed by atoms with van der Waals surface area (Å²) in [4.78, 5) is 66.0. The number of hydrogen-bond acceptors (Lipinski definition) is 18. The lowest BCUT2D eigenvalue weighted by atomic mass is 9.76. The highest BCUT2D eigenvalue weighted by Crippen LogP contribution is 2.48. The maximum atomic E-state index is 13.7. The molecule has 0 aliphatic carbocycles. The van der Waals surface area contributed by atoms with E-state index in [-0.39, 0.29) is 83.3 Å². The summed E-state index contributed by atoms with van der Waals surface area (Å²) < 4.78 is 55.1. The second kappa shape index (κ2) is 60.3. The van der Waals surface area contributed by atoms with Gasteiger partial charge in [-0.3, -0.25) is 14.3 Å². The first kappa shape index (κ1) is 121. The fourth-order valence-corrected chi connectivity index (χ4v) is 22.9. The molecule has 0 saturated carbocycles. The minimum absolute atomic E-state index is 0.00364. The van der Waals surface area contributed by atoms with Gasteiger partial charge in [-0.15, -0.1) is 0 Å². The number of nitrogens with two attached hydrogens (primary N) is 1. The third kappa shape index (κ3) is 36.9. The van der Waals surface area contributed by atoms with Crippen molar-refractivity contribution >= 4 is 50.9 Å². The first-order chi connectivity index (χ1) is 71.9. The molecule has 0 bridgehead atoms. The largest absolute Gasteiger partial charge is 0.512 e. The number of aliphatic hydroxyl groups excluding tert-OH is 3. The maximum absolute atomic E-state index is 13.7. The third-order valence-electron chi connectivity index (χ3n) is 29.7. The number of nitrogens with one attached hydrogen (secondary N) is 1. The van der Waals surface area contributed by atoms with Crippen molar-refractivity contribution in [1.82, 2.24) is 0 Å². The van der Waals surface area contributed by atoms with Crippen molar-refractivity contribution < 1.29 is 81.6 Å². The number of hydrogen-bond donors (Lipinski definition) is 7. The number of carbonyl (C=O) groups excluding carboxylic acids is 5. The highest BCUT2D eigenvalue weighted by molar-refractivity contribution is 7.92. The fourth-order valence-electron chi connectivity index (χ4n) is 22.3. The van der Waals surface area contributed by atoms with Gasteiger partial charge in [-0.05, 0) is 241 Å². The number of aryl methyl sites for hydroxylation is 8. The first-order valence-electron chi connectivity index (χ1n) is 54.8. The molecule has 0 spiro atoms. The molecule has 11 atom stereocenters. The van der Waals surface area contributed by atoms with Crippen LogP contribution in [0, 0.1) is 26.7 Å². The van der Waals surface area contributed by atoms with Gasteiger partial charge in [-0.1, -0.05) is 367 Å². The smallest absolute Gasteiger partial charge is 0.338 e. The lowest BCUT2D eigenvalue weighted by Gasteiger charge is -2.38. The van der Waals surface area contributed by atoms with Crippen LogP contribution in [-0.4, -0.2) is 118 Å². The van der Waals surface area contributed by atoms with Gasteiger partial charge in [-0.25, -0.2) is 22.8 Å². The number of nitrogen functional groups attached to an aromatic ring is 1. The van der Waals surface area contributed by atoms with Crippen LogP contribution in [0.5, 0.6) is 0 Å². The molecule has 3 aliphatic heterocycles. The molecule has 10 aromatic carbocycles. The molecule has 1 unspecified atom stereocenters. The summed E-state index contributed by atoms with van der Waals surface area (Å²) in [6.45, 7) is 26.7. The zero-order chi connectivity index (χ0) is 109. The highest BCUT2D eigenvalue weighted by atomic mass is 32.2. The zero-order valence-corrected chi connectivity index (χ0v) is 92.9. The predicted octanol–water partition coefficient (Wildman–Crippen LogP) is 29.4. The van der Waals surface area contributed by atoms with Crippen molar-refractivity contribution in [3.05, 3.63) is 379 Å². The molecule has 0 amide bonds. The molecular weight excluding hydrogens is 1890 g/mol. The molecule has 0 aromatic heterocycles. The van der Waals surface area contributed by atoms with E-state index < -0.39 is 68.1 Å². The van der Waals surface area contributed by atoms with Crippen LogP contribution in [0.3, 0.4) is 0 Å². The molecule has 0 radical (unpaired) electrons. The second-order valence-corrected chi connectivity index (χ2v) is 43.5. The monoisotopic (exact) mass is 2060 g/mol. The summed E-state index contributed by atoms with van der Waals surface area (Å²) in [5.74, 6) is -1.70. The zero-order valence-electron chi connectivity index (χ0n) is 92.1. The van der Waals surface area contributed by atoms with E-state index in [0.717, 1.165) is 142 Å². The van der Waals surface area contributed by atoms with Gasteiger partial charge in [0.15, 0.2) is 6.29 Å². The van der Waals surface area contributed by atoms with E-state index in [0.29, 0.717) is 99.6 Å². The SMILES string of the molecule is CCC[C@@](O)(CCc1ccccc1)CC(=O)C(C(OC)OC)[C@@H](CC)c1cccc(C)c1.CCC[C@@](O)(CCc1ccccc1)CC(=O)C[C@@H](CC)c1cccc(C)c1.CCC[C@@]1(CCc2ccccc2)CC(O)=C([C@@H](CC)c2cccc(C)c2)C(=O)O1.CCC[C@@]1(CCc2ccccc2)CC(O)=C([C@@H](CC)c2cccc(N)c2)C(=O)O1.CCC[C@@]1(CCc2ccccc2)CC(O)=C([C@@H](CC)c2cccc(NS(C)(=O)=O)c2)C(=O)O1. The van der Waals surface area contributed by atoms with E-state index in [1.807, 2.05) is 187 Å². The van der Waals surface area contributed by atoms with Gasteiger partial charge in [0, 0.05) is 81.9 Å². The summed E-state index contributed by atoms with van der Waals surface area (Å²) in [5.41, 5.74) is 18.7. The number of carbonyl (C=O) groups is 5. The number of ether oxygens (including phenoxy) is 5. The molecule has 3 heterocycles. The first-order valence-corrected chi connectivity index (χ1v) is 56.7. The summed E-state index contributed by atoms with van der Waals surface area (Å²) in [7, 11) is -0.278. The van der Waals surface area contributed by atoms with Crippen LogP contribution in [0.2, 0.25) is 0 Å². The van der Waals surface area contributed by atoms with Crippen LogP contribution in [0.15, 0.2) is 307 Å². The van der Waals surface area contributed by atoms with Crippen LogP contribution < -0.4 is 10.5 Å². The van der Waals surface area contributed by atoms with E-state index in [2.05, 4.69) is 162 Å². The average Bonchev–Trinajstić information content (AvgIpc) is 0.775. The average molecular weight is 2060 g/mol. The highest BCUT2D eigenvalue weighted by Gasteiger charge is 2.48. The van der Waals surface area contributed by atoms with Crippen molar-refractivity contribution in [1.29, 1.82) is 0 Å². The van der Waals surface area contributed by atoms with E-state index in [1.54, 1.807) is 32.4 Å².